The molecule has 118 valence electrons. The van der Waals surface area contributed by atoms with Crippen molar-refractivity contribution in [2.75, 3.05) is 13.1 Å². The van der Waals surface area contributed by atoms with Gasteiger partial charge in [0.15, 0.2) is 0 Å². The standard InChI is InChI=1S/C15H30N2O3/c1-10(2)8-17(9-11(3)4)14(20)16-12(13(18)19)15(5,6)7/h10-12H,8-9H2,1-7H3,(H,16,20)(H,18,19). The van der Waals surface area contributed by atoms with Gasteiger partial charge in [-0.15, -0.1) is 0 Å². The van der Waals surface area contributed by atoms with E-state index in [-0.39, 0.29) is 6.03 Å². The van der Waals surface area contributed by atoms with Crippen molar-refractivity contribution in [1.82, 2.24) is 10.2 Å². The Hall–Kier alpha value is -1.26. The maximum Gasteiger partial charge on any atom is 0.326 e. The number of hydrogen-bond acceptors (Lipinski definition) is 2. The molecule has 0 aliphatic rings. The van der Waals surface area contributed by atoms with Crippen LogP contribution in [0.1, 0.15) is 48.5 Å². The monoisotopic (exact) mass is 286 g/mol. The van der Waals surface area contributed by atoms with Crippen molar-refractivity contribution < 1.29 is 14.7 Å². The van der Waals surface area contributed by atoms with Gasteiger partial charge in [0.05, 0.1) is 0 Å². The van der Waals surface area contributed by atoms with Gasteiger partial charge in [0.2, 0.25) is 0 Å². The van der Waals surface area contributed by atoms with Gasteiger partial charge in [-0.1, -0.05) is 48.5 Å². The quantitative estimate of drug-likeness (QED) is 0.789. The van der Waals surface area contributed by atoms with Crippen molar-refractivity contribution in [2.45, 2.75) is 54.5 Å². The molecule has 20 heavy (non-hydrogen) atoms. The van der Waals surface area contributed by atoms with Crippen LogP contribution in [0.3, 0.4) is 0 Å². The fourth-order valence-electron chi connectivity index (χ4n) is 1.99. The zero-order valence-electron chi connectivity index (χ0n) is 13.9. The van der Waals surface area contributed by atoms with Crippen molar-refractivity contribution in [3.8, 4) is 0 Å². The molecular weight excluding hydrogens is 256 g/mol. The molecule has 0 rings (SSSR count). The molecule has 0 aromatic carbocycles. The second-order valence-corrected chi connectivity index (χ2v) is 7.28. The molecule has 2 amide bonds. The lowest BCUT2D eigenvalue weighted by molar-refractivity contribution is -0.142. The highest BCUT2D eigenvalue weighted by Crippen LogP contribution is 2.20. The Morgan fingerprint density at radius 1 is 1.05 bits per heavy atom. The Kier molecular flexibility index (Phi) is 7.03. The van der Waals surface area contributed by atoms with Gasteiger partial charge >= 0.3 is 12.0 Å². The Morgan fingerprint density at radius 2 is 1.45 bits per heavy atom. The van der Waals surface area contributed by atoms with E-state index < -0.39 is 17.4 Å². The minimum Gasteiger partial charge on any atom is -0.480 e. The van der Waals surface area contributed by atoms with Crippen molar-refractivity contribution in [2.24, 2.45) is 17.3 Å². The molecule has 1 atom stereocenters. The zero-order valence-corrected chi connectivity index (χ0v) is 13.9. The first kappa shape index (κ1) is 18.7. The third kappa shape index (κ3) is 6.78. The minimum atomic E-state index is -1.00. The summed E-state index contributed by atoms with van der Waals surface area (Å²) in [4.78, 5) is 25.3. The molecule has 0 fully saturated rings. The predicted molar refractivity (Wildman–Crippen MR) is 80.7 cm³/mol. The molecule has 0 aromatic heterocycles. The Balaban J connectivity index is 4.92. The van der Waals surface area contributed by atoms with Crippen LogP contribution in [-0.2, 0) is 4.79 Å². The van der Waals surface area contributed by atoms with Gasteiger partial charge in [0.25, 0.3) is 0 Å². The number of carboxylic acids is 1. The summed E-state index contributed by atoms with van der Waals surface area (Å²) in [5.74, 6) is -0.310. The Morgan fingerprint density at radius 3 is 1.70 bits per heavy atom. The molecule has 0 aliphatic carbocycles. The van der Waals surface area contributed by atoms with E-state index in [4.69, 9.17) is 0 Å². The van der Waals surface area contributed by atoms with Gasteiger partial charge in [-0.05, 0) is 17.3 Å². The molecule has 0 aromatic rings. The molecule has 5 nitrogen and oxygen atoms in total. The third-order valence-electron chi connectivity index (χ3n) is 2.84. The normalized spacial score (nSPS) is 13.4. The number of amides is 2. The first-order valence-electron chi connectivity index (χ1n) is 7.23. The summed E-state index contributed by atoms with van der Waals surface area (Å²) in [7, 11) is 0. The Bertz CT molecular complexity index is 323. The second kappa shape index (κ2) is 7.50. The second-order valence-electron chi connectivity index (χ2n) is 7.28. The third-order valence-corrected chi connectivity index (χ3v) is 2.84. The van der Waals surface area contributed by atoms with E-state index in [9.17, 15) is 14.7 Å². The number of rotatable bonds is 6. The lowest BCUT2D eigenvalue weighted by Crippen LogP contribution is -2.54. The van der Waals surface area contributed by atoms with Crippen LogP contribution >= 0.6 is 0 Å². The average Bonchev–Trinajstić information content (AvgIpc) is 2.20. The van der Waals surface area contributed by atoms with E-state index in [1.807, 2.05) is 27.7 Å². The molecule has 0 heterocycles. The number of carbonyl (C=O) groups excluding carboxylic acids is 1. The fraction of sp³-hybridized carbons (Fsp3) is 0.867. The summed E-state index contributed by atoms with van der Waals surface area (Å²) < 4.78 is 0. The van der Waals surface area contributed by atoms with Gasteiger partial charge in [-0.3, -0.25) is 0 Å². The summed E-state index contributed by atoms with van der Waals surface area (Å²) in [6.45, 7) is 14.8. The van der Waals surface area contributed by atoms with Crippen molar-refractivity contribution >= 4 is 12.0 Å². The van der Waals surface area contributed by atoms with Crippen LogP contribution in [-0.4, -0.2) is 41.1 Å². The number of urea groups is 1. The van der Waals surface area contributed by atoms with Crippen LogP contribution in [0, 0.1) is 17.3 Å². The van der Waals surface area contributed by atoms with E-state index in [1.54, 1.807) is 25.7 Å². The lowest BCUT2D eigenvalue weighted by atomic mass is 9.87. The zero-order chi connectivity index (χ0) is 16.1. The number of nitrogens with one attached hydrogen (secondary N) is 1. The Labute approximate surface area is 122 Å². The molecule has 0 saturated carbocycles. The largest absolute Gasteiger partial charge is 0.480 e. The minimum absolute atomic E-state index is 0.297. The van der Waals surface area contributed by atoms with Crippen molar-refractivity contribution in [3.05, 3.63) is 0 Å². The predicted octanol–water partition coefficient (Wildman–Crippen LogP) is 2.81. The van der Waals surface area contributed by atoms with E-state index in [0.717, 1.165) is 0 Å². The smallest absolute Gasteiger partial charge is 0.326 e. The molecule has 0 saturated heterocycles. The van der Waals surface area contributed by atoms with Gasteiger partial charge in [0.1, 0.15) is 6.04 Å². The molecule has 5 heteroatoms. The first-order valence-corrected chi connectivity index (χ1v) is 7.23. The maximum absolute atomic E-state index is 12.3. The molecule has 0 spiro atoms. The molecule has 2 N–H and O–H groups in total. The van der Waals surface area contributed by atoms with Gasteiger partial charge in [-0.2, -0.15) is 0 Å². The summed E-state index contributed by atoms with van der Waals surface area (Å²) in [5, 5.41) is 11.9. The highest BCUT2D eigenvalue weighted by Gasteiger charge is 2.33. The molecule has 1 unspecified atom stereocenters. The number of nitrogens with zero attached hydrogens (tertiary/aromatic N) is 1. The summed E-state index contributed by atoms with van der Waals surface area (Å²) >= 11 is 0. The molecule has 0 aliphatic heterocycles. The van der Waals surface area contributed by atoms with Crippen LogP contribution < -0.4 is 5.32 Å². The number of hydrogen-bond donors (Lipinski definition) is 2. The van der Waals surface area contributed by atoms with Crippen LogP contribution in [0.4, 0.5) is 4.79 Å². The topological polar surface area (TPSA) is 69.6 Å². The first-order chi connectivity index (χ1) is 8.95. The molecular formula is C15H30N2O3. The van der Waals surface area contributed by atoms with E-state index in [2.05, 4.69) is 5.32 Å². The van der Waals surface area contributed by atoms with Crippen LogP contribution in [0.2, 0.25) is 0 Å². The number of carboxylic acid groups (broad SMARTS) is 1. The van der Waals surface area contributed by atoms with Crippen LogP contribution in [0.25, 0.3) is 0 Å². The molecule has 0 bridgehead atoms. The summed E-state index contributed by atoms with van der Waals surface area (Å²) in [5.41, 5.74) is -0.525. The lowest BCUT2D eigenvalue weighted by Gasteiger charge is -2.32. The highest BCUT2D eigenvalue weighted by atomic mass is 16.4. The molecule has 0 radical (unpaired) electrons. The number of carbonyl (C=O) groups is 2. The van der Waals surface area contributed by atoms with Crippen LogP contribution in [0.15, 0.2) is 0 Å². The maximum atomic E-state index is 12.3. The van der Waals surface area contributed by atoms with Crippen molar-refractivity contribution in [3.63, 3.8) is 0 Å². The summed E-state index contributed by atoms with van der Waals surface area (Å²) in [6, 6.07) is -1.19. The number of aliphatic carboxylic acids is 1. The van der Waals surface area contributed by atoms with Crippen LogP contribution in [0.5, 0.6) is 0 Å². The van der Waals surface area contributed by atoms with E-state index >= 15 is 0 Å². The van der Waals surface area contributed by atoms with Gasteiger partial charge in [0, 0.05) is 13.1 Å². The fourth-order valence-corrected chi connectivity index (χ4v) is 1.99. The van der Waals surface area contributed by atoms with Gasteiger partial charge < -0.3 is 15.3 Å². The van der Waals surface area contributed by atoms with Gasteiger partial charge in [-0.25, -0.2) is 9.59 Å². The highest BCUT2D eigenvalue weighted by molar-refractivity contribution is 5.83. The summed E-state index contributed by atoms with van der Waals surface area (Å²) in [6.07, 6.45) is 0. The SMILES string of the molecule is CC(C)CN(CC(C)C)C(=O)NC(C(=O)O)C(C)(C)C. The van der Waals surface area contributed by atoms with E-state index in [0.29, 0.717) is 24.9 Å². The van der Waals surface area contributed by atoms with E-state index in [1.165, 1.54) is 0 Å². The van der Waals surface area contributed by atoms with Crippen molar-refractivity contribution in [1.29, 1.82) is 0 Å². The average molecular weight is 286 g/mol.